The number of anilines is 1. The molecule has 0 saturated carbocycles. The molecule has 1 heterocycles. The summed E-state index contributed by atoms with van der Waals surface area (Å²) in [7, 11) is 0. The number of nitriles is 1. The summed E-state index contributed by atoms with van der Waals surface area (Å²) < 4.78 is 5.49. The standard InChI is InChI=1S/C16H15N3O2/c1-2-10-21-14-8-9-18-15(13(14)11-17)19-16(20)12-6-4-3-5-7-12/h3-9H,2,10H2,1H3,(H,18,19,20). The molecule has 0 radical (unpaired) electrons. The molecule has 0 aliphatic carbocycles. The monoisotopic (exact) mass is 281 g/mol. The lowest BCUT2D eigenvalue weighted by Gasteiger charge is -2.10. The first-order valence-corrected chi connectivity index (χ1v) is 6.64. The second-order valence-corrected chi connectivity index (χ2v) is 4.31. The van der Waals surface area contributed by atoms with Crippen molar-refractivity contribution in [1.82, 2.24) is 4.98 Å². The van der Waals surface area contributed by atoms with E-state index in [0.717, 1.165) is 6.42 Å². The van der Waals surface area contributed by atoms with Crippen molar-refractivity contribution < 1.29 is 9.53 Å². The van der Waals surface area contributed by atoms with Crippen molar-refractivity contribution in [2.45, 2.75) is 13.3 Å². The van der Waals surface area contributed by atoms with Crippen LogP contribution in [-0.4, -0.2) is 17.5 Å². The highest BCUT2D eigenvalue weighted by Gasteiger charge is 2.14. The molecular formula is C16H15N3O2. The van der Waals surface area contributed by atoms with Crippen LogP contribution in [0.3, 0.4) is 0 Å². The summed E-state index contributed by atoms with van der Waals surface area (Å²) in [5, 5.41) is 11.9. The van der Waals surface area contributed by atoms with Crippen LogP contribution in [0.25, 0.3) is 0 Å². The molecule has 0 aliphatic rings. The first-order valence-electron chi connectivity index (χ1n) is 6.64. The van der Waals surface area contributed by atoms with Crippen molar-refractivity contribution in [3.63, 3.8) is 0 Å². The summed E-state index contributed by atoms with van der Waals surface area (Å²) >= 11 is 0. The predicted molar refractivity (Wildman–Crippen MR) is 79.1 cm³/mol. The molecule has 2 rings (SSSR count). The number of benzene rings is 1. The molecule has 5 heteroatoms. The molecule has 0 fully saturated rings. The minimum atomic E-state index is -0.313. The summed E-state index contributed by atoms with van der Waals surface area (Å²) in [5.74, 6) is 0.324. The average Bonchev–Trinajstić information content (AvgIpc) is 2.53. The third-order valence-electron chi connectivity index (χ3n) is 2.75. The molecule has 106 valence electrons. The molecule has 5 nitrogen and oxygen atoms in total. The van der Waals surface area contributed by atoms with E-state index in [-0.39, 0.29) is 17.3 Å². The Balaban J connectivity index is 2.24. The molecule has 1 aromatic carbocycles. The minimum absolute atomic E-state index is 0.208. The molecule has 1 N–H and O–H groups in total. The largest absolute Gasteiger partial charge is 0.492 e. The Labute approximate surface area is 123 Å². The van der Waals surface area contributed by atoms with Crippen molar-refractivity contribution in [3.05, 3.63) is 53.7 Å². The third kappa shape index (κ3) is 3.57. The predicted octanol–water partition coefficient (Wildman–Crippen LogP) is 2.99. The van der Waals surface area contributed by atoms with Crippen LogP contribution < -0.4 is 10.1 Å². The number of amides is 1. The molecular weight excluding hydrogens is 266 g/mol. The smallest absolute Gasteiger partial charge is 0.256 e. The Morgan fingerprint density at radius 1 is 1.33 bits per heavy atom. The maximum atomic E-state index is 12.1. The quantitative estimate of drug-likeness (QED) is 0.914. The van der Waals surface area contributed by atoms with Gasteiger partial charge in [-0.25, -0.2) is 4.98 Å². The van der Waals surface area contributed by atoms with E-state index >= 15 is 0 Å². The van der Waals surface area contributed by atoms with Crippen LogP contribution >= 0.6 is 0 Å². The van der Waals surface area contributed by atoms with E-state index in [4.69, 9.17) is 4.74 Å². The number of hydrogen-bond acceptors (Lipinski definition) is 4. The van der Waals surface area contributed by atoms with E-state index < -0.39 is 0 Å². The number of aromatic nitrogens is 1. The van der Waals surface area contributed by atoms with Gasteiger partial charge >= 0.3 is 0 Å². The molecule has 2 aromatic rings. The highest BCUT2D eigenvalue weighted by Crippen LogP contribution is 2.24. The van der Waals surface area contributed by atoms with Crippen molar-refractivity contribution in [1.29, 1.82) is 5.26 Å². The lowest BCUT2D eigenvalue weighted by atomic mass is 10.2. The molecule has 0 unspecified atom stereocenters. The Morgan fingerprint density at radius 2 is 2.10 bits per heavy atom. The number of carbonyl (C=O) groups is 1. The maximum absolute atomic E-state index is 12.1. The van der Waals surface area contributed by atoms with E-state index in [0.29, 0.717) is 17.9 Å². The number of carbonyl (C=O) groups excluding carboxylic acids is 1. The zero-order valence-electron chi connectivity index (χ0n) is 11.7. The van der Waals surface area contributed by atoms with E-state index in [1.54, 1.807) is 30.3 Å². The Morgan fingerprint density at radius 3 is 2.76 bits per heavy atom. The van der Waals surface area contributed by atoms with Crippen LogP contribution in [0.15, 0.2) is 42.6 Å². The SMILES string of the molecule is CCCOc1ccnc(NC(=O)c2ccccc2)c1C#N. The summed E-state index contributed by atoms with van der Waals surface area (Å²) in [5.41, 5.74) is 0.735. The molecule has 1 aromatic heterocycles. The third-order valence-corrected chi connectivity index (χ3v) is 2.75. The second-order valence-electron chi connectivity index (χ2n) is 4.31. The fraction of sp³-hybridized carbons (Fsp3) is 0.188. The molecule has 0 aliphatic heterocycles. The van der Waals surface area contributed by atoms with Gasteiger partial charge in [0.05, 0.1) is 6.61 Å². The number of nitrogens with zero attached hydrogens (tertiary/aromatic N) is 2. The first kappa shape index (κ1) is 14.5. The highest BCUT2D eigenvalue weighted by molar-refractivity contribution is 6.04. The number of hydrogen-bond donors (Lipinski definition) is 1. The van der Waals surface area contributed by atoms with Crippen LogP contribution in [0.2, 0.25) is 0 Å². The van der Waals surface area contributed by atoms with E-state index in [1.807, 2.05) is 19.1 Å². The van der Waals surface area contributed by atoms with Crippen LogP contribution in [0.1, 0.15) is 29.3 Å². The summed E-state index contributed by atoms with van der Waals surface area (Å²) in [6.45, 7) is 2.48. The van der Waals surface area contributed by atoms with Gasteiger partial charge in [0, 0.05) is 17.8 Å². The average molecular weight is 281 g/mol. The fourth-order valence-electron chi connectivity index (χ4n) is 1.75. The molecule has 0 saturated heterocycles. The Bertz CT molecular complexity index is 663. The van der Waals surface area contributed by atoms with E-state index in [1.165, 1.54) is 6.20 Å². The zero-order valence-corrected chi connectivity index (χ0v) is 11.7. The van der Waals surface area contributed by atoms with Gasteiger partial charge in [-0.2, -0.15) is 5.26 Å². The highest BCUT2D eigenvalue weighted by atomic mass is 16.5. The number of pyridine rings is 1. The molecule has 1 amide bonds. The van der Waals surface area contributed by atoms with Crippen LogP contribution in [0, 0.1) is 11.3 Å². The summed E-state index contributed by atoms with van der Waals surface area (Å²) in [4.78, 5) is 16.2. The topological polar surface area (TPSA) is 75.0 Å². The van der Waals surface area contributed by atoms with E-state index in [9.17, 15) is 10.1 Å². The van der Waals surface area contributed by atoms with Gasteiger partial charge in [0.15, 0.2) is 5.82 Å². The summed E-state index contributed by atoms with van der Waals surface area (Å²) in [6, 6.07) is 12.4. The fourth-order valence-corrected chi connectivity index (χ4v) is 1.75. The van der Waals surface area contributed by atoms with Crippen molar-refractivity contribution in [2.75, 3.05) is 11.9 Å². The number of ether oxygens (including phenoxy) is 1. The Kier molecular flexibility index (Phi) is 4.89. The van der Waals surface area contributed by atoms with Gasteiger partial charge < -0.3 is 10.1 Å². The maximum Gasteiger partial charge on any atom is 0.256 e. The number of rotatable bonds is 5. The lowest BCUT2D eigenvalue weighted by Crippen LogP contribution is -2.14. The van der Waals surface area contributed by atoms with Crippen molar-refractivity contribution in [2.24, 2.45) is 0 Å². The van der Waals surface area contributed by atoms with Crippen molar-refractivity contribution >= 4 is 11.7 Å². The van der Waals surface area contributed by atoms with Gasteiger partial charge in [0.1, 0.15) is 17.4 Å². The molecule has 0 spiro atoms. The molecule has 0 atom stereocenters. The summed E-state index contributed by atoms with van der Waals surface area (Å²) in [6.07, 6.45) is 2.34. The number of nitrogens with one attached hydrogen (secondary N) is 1. The van der Waals surface area contributed by atoms with Crippen LogP contribution in [-0.2, 0) is 0 Å². The Hall–Kier alpha value is -2.87. The van der Waals surface area contributed by atoms with Gasteiger partial charge in [-0.3, -0.25) is 4.79 Å². The molecule has 21 heavy (non-hydrogen) atoms. The normalized spacial score (nSPS) is 9.71. The van der Waals surface area contributed by atoms with Gasteiger partial charge in [0.2, 0.25) is 0 Å². The minimum Gasteiger partial charge on any atom is -0.492 e. The van der Waals surface area contributed by atoms with Crippen LogP contribution in [0.4, 0.5) is 5.82 Å². The van der Waals surface area contributed by atoms with Gasteiger partial charge in [-0.1, -0.05) is 25.1 Å². The van der Waals surface area contributed by atoms with E-state index in [2.05, 4.69) is 10.3 Å². The van der Waals surface area contributed by atoms with Gasteiger partial charge in [-0.05, 0) is 18.6 Å². The van der Waals surface area contributed by atoms with Gasteiger partial charge in [-0.15, -0.1) is 0 Å². The van der Waals surface area contributed by atoms with Crippen LogP contribution in [0.5, 0.6) is 5.75 Å². The first-order chi connectivity index (χ1) is 10.3. The van der Waals surface area contributed by atoms with Gasteiger partial charge in [0.25, 0.3) is 5.91 Å². The van der Waals surface area contributed by atoms with Crippen molar-refractivity contribution in [3.8, 4) is 11.8 Å². The zero-order chi connectivity index (χ0) is 15.1. The molecule has 0 bridgehead atoms. The lowest BCUT2D eigenvalue weighted by molar-refractivity contribution is 0.102. The second kappa shape index (κ2) is 7.06.